The molecule has 1 aromatic heterocycles. The first-order valence-electron chi connectivity index (χ1n) is 7.53. The predicted molar refractivity (Wildman–Crippen MR) is 85.1 cm³/mol. The fourth-order valence-electron chi connectivity index (χ4n) is 2.38. The van der Waals surface area contributed by atoms with Gasteiger partial charge in [-0.2, -0.15) is 0 Å². The van der Waals surface area contributed by atoms with Crippen molar-refractivity contribution < 1.29 is 14.1 Å². The van der Waals surface area contributed by atoms with Crippen LogP contribution in [0, 0.1) is 0 Å². The molecule has 1 N–H and O–H groups in total. The number of carbonyl (C=O) groups excluding carboxylic acids is 1. The number of rotatable bonds is 3. The molecular weight excluding hydrogens is 285 g/mol. The fraction of sp³-hybridized carbons (Fsp3) is 0.667. The van der Waals surface area contributed by atoms with Crippen LogP contribution in [0.5, 0.6) is 0 Å². The number of nitrogens with one attached hydrogen (secondary N) is 1. The SMILES string of the molecule is CC1(C)OB(c2csc(C(=O)NC3CCC3)c2)OC1(C)C. The molecule has 0 atom stereocenters. The summed E-state index contributed by atoms with van der Waals surface area (Å²) in [4.78, 5) is 12.9. The van der Waals surface area contributed by atoms with E-state index < -0.39 is 7.12 Å². The van der Waals surface area contributed by atoms with E-state index in [1.54, 1.807) is 0 Å². The zero-order valence-electron chi connectivity index (χ0n) is 13.1. The standard InChI is InChI=1S/C15H22BNO3S/c1-14(2)15(3,4)20-16(19-14)10-8-12(21-9-10)13(18)17-11-6-5-7-11/h8-9,11H,5-7H2,1-4H3,(H,17,18). The molecule has 0 unspecified atom stereocenters. The largest absolute Gasteiger partial charge is 0.495 e. The van der Waals surface area contributed by atoms with E-state index in [0.29, 0.717) is 6.04 Å². The average Bonchev–Trinajstić information content (AvgIpc) is 2.88. The third kappa shape index (κ3) is 2.76. The third-order valence-electron chi connectivity index (χ3n) is 4.81. The summed E-state index contributed by atoms with van der Waals surface area (Å²) in [6, 6.07) is 2.25. The van der Waals surface area contributed by atoms with Gasteiger partial charge in [-0.05, 0) is 63.9 Å². The van der Waals surface area contributed by atoms with Crippen molar-refractivity contribution in [1.29, 1.82) is 0 Å². The van der Waals surface area contributed by atoms with Gasteiger partial charge in [-0.1, -0.05) is 0 Å². The van der Waals surface area contributed by atoms with Crippen LogP contribution in [0.15, 0.2) is 11.4 Å². The van der Waals surface area contributed by atoms with Crippen LogP contribution in [-0.4, -0.2) is 30.3 Å². The van der Waals surface area contributed by atoms with E-state index in [1.807, 2.05) is 39.1 Å². The van der Waals surface area contributed by atoms with Crippen molar-refractivity contribution in [2.75, 3.05) is 0 Å². The molecule has 1 aliphatic heterocycles. The molecule has 6 heteroatoms. The Morgan fingerprint density at radius 3 is 2.43 bits per heavy atom. The summed E-state index contributed by atoms with van der Waals surface area (Å²) in [5, 5.41) is 5.02. The van der Waals surface area contributed by atoms with E-state index in [9.17, 15) is 4.79 Å². The van der Waals surface area contributed by atoms with Gasteiger partial charge in [0.15, 0.2) is 0 Å². The van der Waals surface area contributed by atoms with E-state index in [1.165, 1.54) is 17.8 Å². The van der Waals surface area contributed by atoms with Gasteiger partial charge in [-0.15, -0.1) is 11.3 Å². The topological polar surface area (TPSA) is 47.6 Å². The molecule has 1 aliphatic carbocycles. The summed E-state index contributed by atoms with van der Waals surface area (Å²) in [7, 11) is -0.392. The maximum atomic E-state index is 12.1. The lowest BCUT2D eigenvalue weighted by Crippen LogP contribution is -2.41. The second-order valence-electron chi connectivity index (χ2n) is 6.93. The van der Waals surface area contributed by atoms with E-state index in [2.05, 4.69) is 5.32 Å². The molecule has 2 aliphatic rings. The Balaban J connectivity index is 1.69. The average molecular weight is 307 g/mol. The van der Waals surface area contributed by atoms with Crippen molar-refractivity contribution in [3.63, 3.8) is 0 Å². The molecule has 1 amide bonds. The molecule has 0 radical (unpaired) electrons. The maximum Gasteiger partial charge on any atom is 0.495 e. The monoisotopic (exact) mass is 307 g/mol. The van der Waals surface area contributed by atoms with Crippen LogP contribution in [0.2, 0.25) is 0 Å². The normalized spacial score (nSPS) is 23.9. The highest BCUT2D eigenvalue weighted by Gasteiger charge is 2.52. The van der Waals surface area contributed by atoms with Crippen LogP contribution in [0.25, 0.3) is 0 Å². The summed E-state index contributed by atoms with van der Waals surface area (Å²) in [5.41, 5.74) is 0.222. The fourth-order valence-corrected chi connectivity index (χ4v) is 3.19. The smallest absolute Gasteiger partial charge is 0.399 e. The van der Waals surface area contributed by atoms with Gasteiger partial charge in [0.25, 0.3) is 5.91 Å². The van der Waals surface area contributed by atoms with Crippen molar-refractivity contribution in [3.8, 4) is 0 Å². The highest BCUT2D eigenvalue weighted by atomic mass is 32.1. The molecule has 114 valence electrons. The van der Waals surface area contributed by atoms with E-state index in [4.69, 9.17) is 9.31 Å². The van der Waals surface area contributed by atoms with Gasteiger partial charge >= 0.3 is 7.12 Å². The van der Waals surface area contributed by atoms with Crippen molar-refractivity contribution in [2.45, 2.75) is 64.2 Å². The van der Waals surface area contributed by atoms with Crippen molar-refractivity contribution in [1.82, 2.24) is 5.32 Å². The first kappa shape index (κ1) is 15.1. The Bertz CT molecular complexity index is 535. The van der Waals surface area contributed by atoms with Gasteiger partial charge in [0.2, 0.25) is 0 Å². The van der Waals surface area contributed by atoms with Gasteiger partial charge in [-0.3, -0.25) is 4.79 Å². The molecule has 1 saturated heterocycles. The quantitative estimate of drug-likeness (QED) is 0.872. The zero-order valence-corrected chi connectivity index (χ0v) is 13.9. The Kier molecular flexibility index (Phi) is 3.67. The number of carbonyl (C=O) groups is 1. The number of amides is 1. The van der Waals surface area contributed by atoms with Crippen LogP contribution < -0.4 is 10.8 Å². The molecule has 0 spiro atoms. The third-order valence-corrected chi connectivity index (χ3v) is 5.76. The second-order valence-corrected chi connectivity index (χ2v) is 7.85. The van der Waals surface area contributed by atoms with Crippen LogP contribution in [-0.2, 0) is 9.31 Å². The van der Waals surface area contributed by atoms with Crippen LogP contribution in [0.4, 0.5) is 0 Å². The van der Waals surface area contributed by atoms with Gasteiger partial charge in [0.1, 0.15) is 0 Å². The number of hydrogen-bond donors (Lipinski definition) is 1. The second kappa shape index (κ2) is 5.11. The maximum absolute atomic E-state index is 12.1. The van der Waals surface area contributed by atoms with Gasteiger partial charge in [0, 0.05) is 6.04 Å². The Morgan fingerprint density at radius 2 is 1.90 bits per heavy atom. The number of hydrogen-bond acceptors (Lipinski definition) is 4. The minimum atomic E-state index is -0.392. The van der Waals surface area contributed by atoms with Crippen molar-refractivity contribution >= 4 is 29.8 Å². The summed E-state index contributed by atoms with van der Waals surface area (Å²) in [6.07, 6.45) is 3.41. The highest BCUT2D eigenvalue weighted by molar-refractivity contribution is 7.13. The molecule has 1 saturated carbocycles. The van der Waals surface area contributed by atoms with Crippen LogP contribution in [0.3, 0.4) is 0 Å². The van der Waals surface area contributed by atoms with E-state index in [0.717, 1.165) is 23.2 Å². The van der Waals surface area contributed by atoms with E-state index in [-0.39, 0.29) is 17.1 Å². The summed E-state index contributed by atoms with van der Waals surface area (Å²) in [6.45, 7) is 8.13. The molecule has 4 nitrogen and oxygen atoms in total. The first-order valence-corrected chi connectivity index (χ1v) is 8.41. The summed E-state index contributed by atoms with van der Waals surface area (Å²) < 4.78 is 12.0. The Labute approximate surface area is 130 Å². The molecule has 0 aromatic carbocycles. The summed E-state index contributed by atoms with van der Waals surface area (Å²) >= 11 is 1.45. The molecule has 1 aromatic rings. The van der Waals surface area contributed by atoms with Gasteiger partial charge in [-0.25, -0.2) is 0 Å². The Hall–Kier alpha value is -0.845. The van der Waals surface area contributed by atoms with Crippen molar-refractivity contribution in [3.05, 3.63) is 16.3 Å². The van der Waals surface area contributed by atoms with E-state index >= 15 is 0 Å². The Morgan fingerprint density at radius 1 is 1.29 bits per heavy atom. The lowest BCUT2D eigenvalue weighted by atomic mass is 9.81. The van der Waals surface area contributed by atoms with Gasteiger partial charge < -0.3 is 14.6 Å². The molecule has 21 heavy (non-hydrogen) atoms. The summed E-state index contributed by atoms with van der Waals surface area (Å²) in [5.74, 6) is 0.0208. The first-order chi connectivity index (χ1) is 9.78. The van der Waals surface area contributed by atoms with Crippen LogP contribution in [0.1, 0.15) is 56.6 Å². The highest BCUT2D eigenvalue weighted by Crippen LogP contribution is 2.36. The number of thiophene rings is 1. The van der Waals surface area contributed by atoms with Crippen LogP contribution >= 0.6 is 11.3 Å². The zero-order chi connectivity index (χ0) is 15.3. The molecule has 2 fully saturated rings. The predicted octanol–water partition coefficient (Wildman–Crippen LogP) is 2.33. The lowest BCUT2D eigenvalue weighted by Gasteiger charge is -2.32. The lowest BCUT2D eigenvalue weighted by molar-refractivity contribution is 0.00578. The van der Waals surface area contributed by atoms with Gasteiger partial charge in [0.05, 0.1) is 16.1 Å². The molecule has 3 rings (SSSR count). The molecular formula is C15H22BNO3S. The molecule has 2 heterocycles. The minimum absolute atomic E-state index is 0.0208. The van der Waals surface area contributed by atoms with Crippen molar-refractivity contribution in [2.24, 2.45) is 0 Å². The minimum Gasteiger partial charge on any atom is -0.399 e. The molecule has 0 bridgehead atoms.